The lowest BCUT2D eigenvalue weighted by molar-refractivity contribution is -0.145. The Hall–Kier alpha value is -3.22. The van der Waals surface area contributed by atoms with Crippen LogP contribution in [0.5, 0.6) is 0 Å². The molecule has 1 aromatic heterocycles. The Morgan fingerprint density at radius 2 is 1.96 bits per heavy atom. The lowest BCUT2D eigenvalue weighted by Crippen LogP contribution is -2.41. The van der Waals surface area contributed by atoms with Crippen molar-refractivity contribution in [3.63, 3.8) is 0 Å². The molecular formula is C20H21N3O4. The second kappa shape index (κ2) is 7.99. The number of rotatable bonds is 4. The summed E-state index contributed by atoms with van der Waals surface area (Å²) in [5.41, 5.74) is 3.99. The summed E-state index contributed by atoms with van der Waals surface area (Å²) in [6.07, 6.45) is 1.95. The van der Waals surface area contributed by atoms with E-state index in [-0.39, 0.29) is 24.6 Å². The molecule has 1 amide bonds. The zero-order chi connectivity index (χ0) is 19.4. The van der Waals surface area contributed by atoms with Gasteiger partial charge in [-0.2, -0.15) is 0 Å². The number of carbonyl (C=O) groups is 2. The van der Waals surface area contributed by atoms with Gasteiger partial charge >= 0.3 is 5.97 Å². The molecular weight excluding hydrogens is 346 g/mol. The predicted octanol–water partition coefficient (Wildman–Crippen LogP) is 2.45. The fourth-order valence-electron chi connectivity index (χ4n) is 3.18. The molecule has 0 N–H and O–H groups in total. The van der Waals surface area contributed by atoms with Crippen LogP contribution in [0.1, 0.15) is 22.5 Å². The highest BCUT2D eigenvalue weighted by molar-refractivity contribution is 6.03. The monoisotopic (exact) mass is 367 g/mol. The van der Waals surface area contributed by atoms with E-state index in [1.54, 1.807) is 12.3 Å². The van der Waals surface area contributed by atoms with Gasteiger partial charge in [0.25, 0.3) is 5.91 Å². The van der Waals surface area contributed by atoms with Crippen molar-refractivity contribution in [3.05, 3.63) is 53.9 Å². The van der Waals surface area contributed by atoms with E-state index < -0.39 is 12.0 Å². The van der Waals surface area contributed by atoms with E-state index in [1.165, 1.54) is 19.1 Å². The highest BCUT2D eigenvalue weighted by Gasteiger charge is 2.39. The number of methoxy groups -OCH3 is 1. The average Bonchev–Trinajstić information content (AvgIpc) is 3.11. The zero-order valence-corrected chi connectivity index (χ0v) is 15.5. The Bertz CT molecular complexity index is 877. The summed E-state index contributed by atoms with van der Waals surface area (Å²) >= 11 is 0. The average molecular weight is 367 g/mol. The van der Waals surface area contributed by atoms with Crippen LogP contribution >= 0.6 is 0 Å². The van der Waals surface area contributed by atoms with Crippen LogP contribution in [-0.4, -0.2) is 54.3 Å². The molecule has 7 heteroatoms. The molecule has 7 nitrogen and oxygen atoms in total. The quantitative estimate of drug-likeness (QED) is 0.612. The SMILES string of the molecule is CON=C1C[C@@H](C(=O)OC)N(C(=O)c2ccc(-c3ccccc3C)cn2)C1. The number of ether oxygens (including phenoxy) is 1. The first-order valence-electron chi connectivity index (χ1n) is 8.55. The second-order valence-corrected chi connectivity index (χ2v) is 6.26. The number of hydrogen-bond acceptors (Lipinski definition) is 6. The highest BCUT2D eigenvalue weighted by atomic mass is 16.6. The normalized spacial score (nSPS) is 17.8. The van der Waals surface area contributed by atoms with Crippen molar-refractivity contribution in [1.82, 2.24) is 9.88 Å². The van der Waals surface area contributed by atoms with Crippen LogP contribution in [0.25, 0.3) is 11.1 Å². The molecule has 0 radical (unpaired) electrons. The van der Waals surface area contributed by atoms with Crippen molar-refractivity contribution in [2.75, 3.05) is 20.8 Å². The van der Waals surface area contributed by atoms with Gasteiger partial charge in [0.05, 0.1) is 19.4 Å². The van der Waals surface area contributed by atoms with Crippen molar-refractivity contribution >= 4 is 17.6 Å². The summed E-state index contributed by atoms with van der Waals surface area (Å²) in [7, 11) is 2.72. The molecule has 1 aliphatic rings. The van der Waals surface area contributed by atoms with Crippen LogP contribution < -0.4 is 0 Å². The van der Waals surface area contributed by atoms with Crippen molar-refractivity contribution in [3.8, 4) is 11.1 Å². The van der Waals surface area contributed by atoms with E-state index in [2.05, 4.69) is 10.1 Å². The van der Waals surface area contributed by atoms with Crippen LogP contribution in [0.4, 0.5) is 0 Å². The number of likely N-dealkylation sites (tertiary alicyclic amines) is 1. The third-order valence-corrected chi connectivity index (χ3v) is 4.55. The van der Waals surface area contributed by atoms with Crippen molar-refractivity contribution in [2.45, 2.75) is 19.4 Å². The summed E-state index contributed by atoms with van der Waals surface area (Å²) in [5.74, 6) is -0.829. The van der Waals surface area contributed by atoms with E-state index >= 15 is 0 Å². The Balaban J connectivity index is 1.85. The lowest BCUT2D eigenvalue weighted by atomic mass is 10.0. The third-order valence-electron chi connectivity index (χ3n) is 4.55. The van der Waals surface area contributed by atoms with E-state index in [0.717, 1.165) is 16.7 Å². The topological polar surface area (TPSA) is 81.1 Å². The number of benzene rings is 1. The summed E-state index contributed by atoms with van der Waals surface area (Å²) in [6, 6.07) is 10.8. The Morgan fingerprint density at radius 3 is 2.59 bits per heavy atom. The molecule has 3 rings (SSSR count). The largest absolute Gasteiger partial charge is 0.467 e. The fraction of sp³-hybridized carbons (Fsp3) is 0.300. The van der Waals surface area contributed by atoms with Crippen molar-refractivity contribution < 1.29 is 19.2 Å². The predicted molar refractivity (Wildman–Crippen MR) is 100 cm³/mol. The Morgan fingerprint density at radius 1 is 1.19 bits per heavy atom. The molecule has 0 aliphatic carbocycles. The van der Waals surface area contributed by atoms with Crippen LogP contribution in [0.3, 0.4) is 0 Å². The minimum absolute atomic E-state index is 0.202. The number of aromatic nitrogens is 1. The van der Waals surface area contributed by atoms with Gasteiger partial charge in [0.15, 0.2) is 0 Å². The minimum atomic E-state index is -0.728. The third kappa shape index (κ3) is 3.81. The minimum Gasteiger partial charge on any atom is -0.467 e. The lowest BCUT2D eigenvalue weighted by Gasteiger charge is -2.21. The molecule has 1 fully saturated rings. The molecule has 0 saturated carbocycles. The maximum atomic E-state index is 12.9. The zero-order valence-electron chi connectivity index (χ0n) is 15.5. The maximum absolute atomic E-state index is 12.9. The van der Waals surface area contributed by atoms with E-state index in [1.807, 2.05) is 37.3 Å². The Kier molecular flexibility index (Phi) is 5.49. The number of esters is 1. The van der Waals surface area contributed by atoms with Gasteiger partial charge in [0, 0.05) is 18.2 Å². The number of pyridine rings is 1. The van der Waals surface area contributed by atoms with Gasteiger partial charge in [0.1, 0.15) is 18.8 Å². The fourth-order valence-corrected chi connectivity index (χ4v) is 3.18. The first kappa shape index (κ1) is 18.6. The van der Waals surface area contributed by atoms with E-state index in [9.17, 15) is 9.59 Å². The molecule has 27 heavy (non-hydrogen) atoms. The number of amides is 1. The van der Waals surface area contributed by atoms with Crippen LogP contribution in [-0.2, 0) is 14.4 Å². The molecule has 0 unspecified atom stereocenters. The second-order valence-electron chi connectivity index (χ2n) is 6.26. The Labute approximate surface area is 157 Å². The number of nitrogens with zero attached hydrogens (tertiary/aromatic N) is 3. The van der Waals surface area contributed by atoms with Gasteiger partial charge in [-0.05, 0) is 24.1 Å². The van der Waals surface area contributed by atoms with Gasteiger partial charge in [-0.15, -0.1) is 0 Å². The first-order valence-corrected chi connectivity index (χ1v) is 8.55. The van der Waals surface area contributed by atoms with Gasteiger partial charge in [-0.25, -0.2) is 4.79 Å². The molecule has 1 aromatic carbocycles. The molecule has 1 aliphatic heterocycles. The molecule has 140 valence electrons. The molecule has 2 aromatic rings. The van der Waals surface area contributed by atoms with Gasteiger partial charge < -0.3 is 14.5 Å². The summed E-state index contributed by atoms with van der Waals surface area (Å²) in [4.78, 5) is 35.5. The molecule has 1 saturated heterocycles. The molecule has 0 spiro atoms. The number of aryl methyl sites for hydroxylation is 1. The summed E-state index contributed by atoms with van der Waals surface area (Å²) < 4.78 is 4.82. The number of hydrogen-bond donors (Lipinski definition) is 0. The maximum Gasteiger partial charge on any atom is 0.329 e. The highest BCUT2D eigenvalue weighted by Crippen LogP contribution is 2.24. The standard InChI is InChI=1S/C20H21N3O4/c1-13-6-4-5-7-16(13)14-8-9-17(21-11-14)19(24)23-12-15(22-27-3)10-18(23)20(25)26-2/h4-9,11,18H,10,12H2,1-3H3/t18-/m0/s1. The van der Waals surface area contributed by atoms with Crippen molar-refractivity contribution in [1.29, 1.82) is 0 Å². The molecule has 1 atom stereocenters. The van der Waals surface area contributed by atoms with Gasteiger partial charge in [0.2, 0.25) is 0 Å². The van der Waals surface area contributed by atoms with E-state index in [4.69, 9.17) is 9.57 Å². The summed E-state index contributed by atoms with van der Waals surface area (Å²) in [5, 5.41) is 3.87. The first-order chi connectivity index (χ1) is 13.0. The van der Waals surface area contributed by atoms with Crippen LogP contribution in [0.15, 0.2) is 47.8 Å². The van der Waals surface area contributed by atoms with Gasteiger partial charge in [-0.3, -0.25) is 9.78 Å². The van der Waals surface area contributed by atoms with Crippen LogP contribution in [0.2, 0.25) is 0 Å². The molecule has 2 heterocycles. The molecule has 0 bridgehead atoms. The number of carbonyl (C=O) groups excluding carboxylic acids is 2. The smallest absolute Gasteiger partial charge is 0.329 e. The summed E-state index contributed by atoms with van der Waals surface area (Å²) in [6.45, 7) is 2.23. The number of oxime groups is 1. The van der Waals surface area contributed by atoms with Crippen LogP contribution in [0, 0.1) is 6.92 Å². The van der Waals surface area contributed by atoms with Crippen molar-refractivity contribution in [2.24, 2.45) is 5.16 Å². The van der Waals surface area contributed by atoms with E-state index in [0.29, 0.717) is 5.71 Å². The van der Waals surface area contributed by atoms with Gasteiger partial charge in [-0.1, -0.05) is 35.5 Å².